The van der Waals surface area contributed by atoms with E-state index in [4.69, 9.17) is 0 Å². The van der Waals surface area contributed by atoms with E-state index in [1.165, 1.54) is 19.4 Å². The van der Waals surface area contributed by atoms with Crippen LogP contribution in [-0.4, -0.2) is 44.0 Å². The third kappa shape index (κ3) is 4.11. The van der Waals surface area contributed by atoms with Gasteiger partial charge in [-0.3, -0.25) is 4.79 Å². The molecule has 0 saturated carbocycles. The third-order valence-electron chi connectivity index (χ3n) is 2.22. The molecule has 0 bridgehead atoms. The highest BCUT2D eigenvalue weighted by Gasteiger charge is 2.25. The lowest BCUT2D eigenvalue weighted by atomic mass is 10.5. The largest absolute Gasteiger partial charge is 0.468 e. The van der Waals surface area contributed by atoms with Crippen molar-refractivity contribution in [3.63, 3.8) is 0 Å². The summed E-state index contributed by atoms with van der Waals surface area (Å²) in [7, 11) is -2.38. The second kappa shape index (κ2) is 6.50. The maximum absolute atomic E-state index is 12.1. The van der Waals surface area contributed by atoms with Crippen LogP contribution in [-0.2, 0) is 25.3 Å². The minimum Gasteiger partial charge on any atom is -0.468 e. The van der Waals surface area contributed by atoms with Crippen molar-refractivity contribution in [1.29, 1.82) is 0 Å². The van der Waals surface area contributed by atoms with Crippen LogP contribution in [0, 0.1) is 0 Å². The summed E-state index contributed by atoms with van der Waals surface area (Å²) in [6.07, 6.45) is 1.91. The van der Waals surface area contributed by atoms with Gasteiger partial charge in [0.25, 0.3) is 0 Å². The molecule has 7 nitrogen and oxygen atoms in total. The lowest BCUT2D eigenvalue weighted by Gasteiger charge is -2.19. The summed E-state index contributed by atoms with van der Waals surface area (Å²) in [5.41, 5.74) is 0.306. The molecule has 102 valence electrons. The molecule has 1 aromatic heterocycles. The molecule has 0 unspecified atom stereocenters. The highest BCUT2D eigenvalue weighted by atomic mass is 32.2. The second-order valence-corrected chi connectivity index (χ2v) is 5.63. The molecule has 0 aliphatic carbocycles. The fourth-order valence-corrected chi connectivity index (χ4v) is 2.83. The summed E-state index contributed by atoms with van der Waals surface area (Å²) < 4.78 is 34.3. The Hall–Kier alpha value is -1.41. The summed E-state index contributed by atoms with van der Waals surface area (Å²) in [6.45, 7) is 1.80. The monoisotopic (exact) mass is 276 g/mol. The van der Waals surface area contributed by atoms with E-state index in [1.807, 2.05) is 6.92 Å². The van der Waals surface area contributed by atoms with Crippen LogP contribution in [0.1, 0.15) is 19.0 Å². The first-order valence-electron chi connectivity index (χ1n) is 5.43. The number of aromatic nitrogens is 1. The molecule has 0 atom stereocenters. The van der Waals surface area contributed by atoms with Crippen LogP contribution in [0.2, 0.25) is 0 Å². The number of carbonyl (C=O) groups is 1. The van der Waals surface area contributed by atoms with Crippen LogP contribution in [0.25, 0.3) is 0 Å². The summed E-state index contributed by atoms with van der Waals surface area (Å²) in [6, 6.07) is 1.47. The predicted octanol–water partition coefficient (Wildman–Crippen LogP) is 0.389. The van der Waals surface area contributed by atoms with E-state index in [9.17, 15) is 13.2 Å². The Morgan fingerprint density at radius 2 is 2.28 bits per heavy atom. The fourth-order valence-electron chi connectivity index (χ4n) is 1.36. The molecule has 0 amide bonds. The van der Waals surface area contributed by atoms with Crippen molar-refractivity contribution in [1.82, 2.24) is 9.46 Å². The molecule has 0 radical (unpaired) electrons. The van der Waals surface area contributed by atoms with Crippen LogP contribution in [0.3, 0.4) is 0 Å². The van der Waals surface area contributed by atoms with E-state index in [1.54, 1.807) is 0 Å². The van der Waals surface area contributed by atoms with E-state index in [0.29, 0.717) is 12.1 Å². The van der Waals surface area contributed by atoms with Gasteiger partial charge in [-0.15, -0.1) is 0 Å². The van der Waals surface area contributed by atoms with Crippen molar-refractivity contribution in [2.75, 3.05) is 20.2 Å². The zero-order chi connectivity index (χ0) is 13.6. The summed E-state index contributed by atoms with van der Waals surface area (Å²) in [4.78, 5) is 11.2. The molecule has 1 heterocycles. The van der Waals surface area contributed by atoms with Gasteiger partial charge in [0.2, 0.25) is 10.0 Å². The van der Waals surface area contributed by atoms with Gasteiger partial charge in [-0.25, -0.2) is 8.42 Å². The molecular weight excluding hydrogens is 260 g/mol. The standard InChI is InChI=1S/C10H16N2O5S/c1-3-5-12(7-10(13)16-2)18(14,15)8-9-4-6-17-11-9/h4,6H,3,5,7-8H2,1-2H3. The van der Waals surface area contributed by atoms with Crippen molar-refractivity contribution in [3.8, 4) is 0 Å². The van der Waals surface area contributed by atoms with Gasteiger partial charge in [0.05, 0.1) is 12.8 Å². The molecule has 0 aliphatic rings. The van der Waals surface area contributed by atoms with Gasteiger partial charge in [0, 0.05) is 12.6 Å². The number of rotatable bonds is 7. The quantitative estimate of drug-likeness (QED) is 0.669. The minimum absolute atomic E-state index is 0.259. The number of hydrogen-bond acceptors (Lipinski definition) is 6. The first-order chi connectivity index (χ1) is 8.49. The van der Waals surface area contributed by atoms with Crippen LogP contribution < -0.4 is 0 Å². The number of hydrogen-bond donors (Lipinski definition) is 0. The molecular formula is C10H16N2O5S. The van der Waals surface area contributed by atoms with Gasteiger partial charge >= 0.3 is 5.97 Å². The van der Waals surface area contributed by atoms with E-state index in [2.05, 4.69) is 14.4 Å². The molecule has 0 fully saturated rings. The lowest BCUT2D eigenvalue weighted by Crippen LogP contribution is -2.37. The first kappa shape index (κ1) is 14.7. The van der Waals surface area contributed by atoms with E-state index in [0.717, 1.165) is 4.31 Å². The SMILES string of the molecule is CCCN(CC(=O)OC)S(=O)(=O)Cc1ccon1. The van der Waals surface area contributed by atoms with E-state index < -0.39 is 16.0 Å². The van der Waals surface area contributed by atoms with Gasteiger partial charge in [0.1, 0.15) is 18.6 Å². The summed E-state index contributed by atoms with van der Waals surface area (Å²) >= 11 is 0. The number of methoxy groups -OCH3 is 1. The smallest absolute Gasteiger partial charge is 0.321 e. The average molecular weight is 276 g/mol. The van der Waals surface area contributed by atoms with Crippen molar-refractivity contribution in [2.45, 2.75) is 19.1 Å². The Balaban J connectivity index is 2.79. The lowest BCUT2D eigenvalue weighted by molar-refractivity contribution is -0.140. The van der Waals surface area contributed by atoms with Crippen molar-refractivity contribution >= 4 is 16.0 Å². The van der Waals surface area contributed by atoms with Gasteiger partial charge in [-0.1, -0.05) is 12.1 Å². The highest BCUT2D eigenvalue weighted by molar-refractivity contribution is 7.88. The van der Waals surface area contributed by atoms with Crippen LogP contribution in [0.4, 0.5) is 0 Å². The van der Waals surface area contributed by atoms with Crippen LogP contribution >= 0.6 is 0 Å². The number of ether oxygens (including phenoxy) is 1. The third-order valence-corrected chi connectivity index (χ3v) is 3.98. The molecule has 1 rings (SSSR count). The highest BCUT2D eigenvalue weighted by Crippen LogP contribution is 2.10. The molecule has 18 heavy (non-hydrogen) atoms. The number of nitrogens with zero attached hydrogens (tertiary/aromatic N) is 2. The Labute approximate surface area is 106 Å². The van der Waals surface area contributed by atoms with Gasteiger partial charge in [-0.05, 0) is 6.42 Å². The molecule has 0 spiro atoms. The zero-order valence-electron chi connectivity index (χ0n) is 10.3. The Kier molecular flexibility index (Phi) is 5.29. The van der Waals surface area contributed by atoms with Crippen molar-refractivity contribution in [2.24, 2.45) is 0 Å². The molecule has 0 saturated heterocycles. The van der Waals surface area contributed by atoms with Crippen molar-refractivity contribution < 1.29 is 22.5 Å². The van der Waals surface area contributed by atoms with Crippen molar-refractivity contribution in [3.05, 3.63) is 18.0 Å². The first-order valence-corrected chi connectivity index (χ1v) is 7.04. The Morgan fingerprint density at radius 3 is 2.78 bits per heavy atom. The minimum atomic E-state index is -3.60. The van der Waals surface area contributed by atoms with Gasteiger partial charge in [0.15, 0.2) is 0 Å². The Morgan fingerprint density at radius 1 is 1.56 bits per heavy atom. The zero-order valence-corrected chi connectivity index (χ0v) is 11.1. The van der Waals surface area contributed by atoms with Crippen LogP contribution in [0.5, 0.6) is 0 Å². The molecule has 0 N–H and O–H groups in total. The molecule has 0 aliphatic heterocycles. The molecule has 8 heteroatoms. The van der Waals surface area contributed by atoms with E-state index >= 15 is 0 Å². The summed E-state index contributed by atoms with van der Waals surface area (Å²) in [5, 5.41) is 3.55. The molecule has 0 aromatic carbocycles. The molecule has 1 aromatic rings. The fraction of sp³-hybridized carbons (Fsp3) is 0.600. The number of sulfonamides is 1. The van der Waals surface area contributed by atoms with E-state index in [-0.39, 0.29) is 18.8 Å². The number of carbonyl (C=O) groups excluding carboxylic acids is 1. The summed E-state index contributed by atoms with van der Waals surface area (Å²) in [5.74, 6) is -0.882. The predicted molar refractivity (Wildman–Crippen MR) is 63.0 cm³/mol. The second-order valence-electron chi connectivity index (χ2n) is 3.66. The van der Waals surface area contributed by atoms with Gasteiger partial charge < -0.3 is 9.26 Å². The maximum Gasteiger partial charge on any atom is 0.321 e. The normalized spacial score (nSPS) is 11.7. The topological polar surface area (TPSA) is 89.7 Å². The number of esters is 1. The average Bonchev–Trinajstić information content (AvgIpc) is 2.80. The van der Waals surface area contributed by atoms with Gasteiger partial charge in [-0.2, -0.15) is 4.31 Å². The maximum atomic E-state index is 12.1. The Bertz CT molecular complexity index is 468. The van der Waals surface area contributed by atoms with Crippen LogP contribution in [0.15, 0.2) is 16.9 Å².